The summed E-state index contributed by atoms with van der Waals surface area (Å²) in [7, 11) is 0. The van der Waals surface area contributed by atoms with Crippen molar-refractivity contribution in [1.29, 1.82) is 0 Å². The summed E-state index contributed by atoms with van der Waals surface area (Å²) in [6.07, 6.45) is 3.10. The number of nitrogens with two attached hydrogens (primary N) is 1. The molecular weight excluding hydrogens is 246 g/mol. The van der Waals surface area contributed by atoms with Gasteiger partial charge in [0.25, 0.3) is 0 Å². The fourth-order valence-corrected chi connectivity index (χ4v) is 2.26. The fraction of sp³-hybridized carbons (Fsp3) is 0.333. The quantitative estimate of drug-likeness (QED) is 0.821. The van der Waals surface area contributed by atoms with Crippen molar-refractivity contribution in [3.63, 3.8) is 0 Å². The van der Waals surface area contributed by atoms with Crippen LogP contribution in [0.25, 0.3) is 0 Å². The van der Waals surface area contributed by atoms with E-state index in [1.165, 1.54) is 11.1 Å². The molecule has 20 heavy (non-hydrogen) atoms. The van der Waals surface area contributed by atoms with Crippen LogP contribution in [0, 0.1) is 0 Å². The van der Waals surface area contributed by atoms with Crippen molar-refractivity contribution in [3.8, 4) is 5.75 Å². The molecule has 2 aromatic carbocycles. The molecule has 0 heterocycles. The first kappa shape index (κ1) is 14.6. The molecule has 2 N–H and O–H groups in total. The molecule has 1 unspecified atom stereocenters. The maximum atomic E-state index is 6.24. The number of para-hydroxylation sites is 1. The number of benzene rings is 2. The van der Waals surface area contributed by atoms with Gasteiger partial charge in [0.2, 0.25) is 0 Å². The van der Waals surface area contributed by atoms with Crippen LogP contribution in [0.2, 0.25) is 0 Å². The van der Waals surface area contributed by atoms with Gasteiger partial charge in [-0.05, 0) is 29.7 Å². The first-order chi connectivity index (χ1) is 9.79. The average molecular weight is 269 g/mol. The average Bonchev–Trinajstić information content (AvgIpc) is 2.49. The summed E-state index contributed by atoms with van der Waals surface area (Å²) in [5.41, 5.74) is 8.81. The van der Waals surface area contributed by atoms with Gasteiger partial charge < -0.3 is 10.5 Å². The maximum Gasteiger partial charge on any atom is 0.119 e. The van der Waals surface area contributed by atoms with E-state index >= 15 is 0 Å². The zero-order chi connectivity index (χ0) is 14.2. The van der Waals surface area contributed by atoms with E-state index in [1.807, 2.05) is 30.3 Å². The molecule has 0 bridgehead atoms. The van der Waals surface area contributed by atoms with Crippen LogP contribution in [-0.4, -0.2) is 6.61 Å². The van der Waals surface area contributed by atoms with Gasteiger partial charge in [-0.2, -0.15) is 0 Å². The molecule has 106 valence electrons. The number of hydrogen-bond donors (Lipinski definition) is 1. The normalized spacial score (nSPS) is 12.1. The summed E-state index contributed by atoms with van der Waals surface area (Å²) in [6.45, 7) is 2.84. The van der Waals surface area contributed by atoms with Gasteiger partial charge in [0.15, 0.2) is 0 Å². The van der Waals surface area contributed by atoms with Crippen LogP contribution in [-0.2, 0) is 6.42 Å². The number of hydrogen-bond acceptors (Lipinski definition) is 2. The summed E-state index contributed by atoms with van der Waals surface area (Å²) in [5.74, 6) is 0.902. The third-order valence-corrected chi connectivity index (χ3v) is 3.36. The molecule has 0 aliphatic heterocycles. The van der Waals surface area contributed by atoms with E-state index in [4.69, 9.17) is 10.5 Å². The molecule has 0 radical (unpaired) electrons. The Morgan fingerprint density at radius 2 is 1.85 bits per heavy atom. The Morgan fingerprint density at radius 3 is 2.60 bits per heavy atom. The summed E-state index contributed by atoms with van der Waals surface area (Å²) >= 11 is 0. The van der Waals surface area contributed by atoms with Crippen molar-refractivity contribution >= 4 is 0 Å². The zero-order valence-corrected chi connectivity index (χ0v) is 12.1. The van der Waals surface area contributed by atoms with E-state index < -0.39 is 0 Å². The molecule has 2 nitrogen and oxygen atoms in total. The van der Waals surface area contributed by atoms with E-state index in [0.29, 0.717) is 6.61 Å². The van der Waals surface area contributed by atoms with Crippen molar-refractivity contribution in [2.45, 2.75) is 32.2 Å². The van der Waals surface area contributed by atoms with E-state index in [1.54, 1.807) is 0 Å². The van der Waals surface area contributed by atoms with Crippen LogP contribution >= 0.6 is 0 Å². The highest BCUT2D eigenvalue weighted by molar-refractivity contribution is 5.26. The van der Waals surface area contributed by atoms with Crippen molar-refractivity contribution in [2.75, 3.05) is 6.61 Å². The molecule has 0 saturated heterocycles. The molecule has 0 saturated carbocycles. The maximum absolute atomic E-state index is 6.24. The highest BCUT2D eigenvalue weighted by Gasteiger charge is 2.07. The van der Waals surface area contributed by atoms with Gasteiger partial charge in [-0.3, -0.25) is 0 Å². The molecule has 0 aromatic heterocycles. The topological polar surface area (TPSA) is 35.2 Å². The Bertz CT molecular complexity index is 510. The largest absolute Gasteiger partial charge is 0.494 e. The molecule has 2 rings (SSSR count). The standard InChI is InChI=1S/C18H23NO/c1-2-7-15-8-6-9-16(14-15)18(19)12-13-20-17-10-4-3-5-11-17/h3-6,8-11,14,18H,2,7,12-13,19H2,1H3. The van der Waals surface area contributed by atoms with E-state index in [0.717, 1.165) is 25.0 Å². The van der Waals surface area contributed by atoms with Crippen LogP contribution in [0.1, 0.15) is 36.9 Å². The predicted octanol–water partition coefficient (Wildman–Crippen LogP) is 4.11. The summed E-state index contributed by atoms with van der Waals surface area (Å²) < 4.78 is 5.70. The van der Waals surface area contributed by atoms with Gasteiger partial charge >= 0.3 is 0 Å². The Hall–Kier alpha value is -1.80. The highest BCUT2D eigenvalue weighted by Crippen LogP contribution is 2.17. The van der Waals surface area contributed by atoms with Gasteiger partial charge in [-0.25, -0.2) is 0 Å². The lowest BCUT2D eigenvalue weighted by Gasteiger charge is -2.14. The van der Waals surface area contributed by atoms with Crippen molar-refractivity contribution in [2.24, 2.45) is 5.73 Å². The first-order valence-electron chi connectivity index (χ1n) is 7.32. The van der Waals surface area contributed by atoms with E-state index in [9.17, 15) is 0 Å². The predicted molar refractivity (Wildman–Crippen MR) is 83.9 cm³/mol. The molecule has 2 aromatic rings. The minimum absolute atomic E-state index is 0.0375. The first-order valence-corrected chi connectivity index (χ1v) is 7.32. The Morgan fingerprint density at radius 1 is 1.05 bits per heavy atom. The van der Waals surface area contributed by atoms with Crippen LogP contribution in [0.4, 0.5) is 0 Å². The Balaban J connectivity index is 1.85. The lowest BCUT2D eigenvalue weighted by atomic mass is 10.0. The van der Waals surface area contributed by atoms with Gasteiger partial charge in [0, 0.05) is 12.5 Å². The van der Waals surface area contributed by atoms with Crippen molar-refractivity contribution in [1.82, 2.24) is 0 Å². The second kappa shape index (κ2) is 7.71. The second-order valence-corrected chi connectivity index (χ2v) is 5.05. The zero-order valence-electron chi connectivity index (χ0n) is 12.1. The molecule has 0 spiro atoms. The lowest BCUT2D eigenvalue weighted by Crippen LogP contribution is -2.14. The molecule has 0 aliphatic rings. The van der Waals surface area contributed by atoms with Gasteiger partial charge in [-0.1, -0.05) is 55.8 Å². The minimum Gasteiger partial charge on any atom is -0.494 e. The SMILES string of the molecule is CCCc1cccc(C(N)CCOc2ccccc2)c1. The molecule has 2 heteroatoms. The Labute approximate surface area is 121 Å². The smallest absolute Gasteiger partial charge is 0.119 e. The molecule has 0 fully saturated rings. The van der Waals surface area contributed by atoms with Gasteiger partial charge in [-0.15, -0.1) is 0 Å². The third-order valence-electron chi connectivity index (χ3n) is 3.36. The van der Waals surface area contributed by atoms with Crippen molar-refractivity contribution in [3.05, 3.63) is 65.7 Å². The van der Waals surface area contributed by atoms with Crippen LogP contribution < -0.4 is 10.5 Å². The van der Waals surface area contributed by atoms with Gasteiger partial charge in [0.05, 0.1) is 6.61 Å². The van der Waals surface area contributed by atoms with Crippen LogP contribution in [0.3, 0.4) is 0 Å². The summed E-state index contributed by atoms with van der Waals surface area (Å²) in [4.78, 5) is 0. The lowest BCUT2D eigenvalue weighted by molar-refractivity contribution is 0.298. The molecule has 0 amide bonds. The monoisotopic (exact) mass is 269 g/mol. The number of ether oxygens (including phenoxy) is 1. The third kappa shape index (κ3) is 4.39. The fourth-order valence-electron chi connectivity index (χ4n) is 2.26. The highest BCUT2D eigenvalue weighted by atomic mass is 16.5. The van der Waals surface area contributed by atoms with Gasteiger partial charge in [0.1, 0.15) is 5.75 Å². The molecule has 0 aliphatic carbocycles. The minimum atomic E-state index is 0.0375. The van der Waals surface area contributed by atoms with Crippen molar-refractivity contribution < 1.29 is 4.74 Å². The number of aryl methyl sites for hydroxylation is 1. The van der Waals surface area contributed by atoms with E-state index in [-0.39, 0.29) is 6.04 Å². The van der Waals surface area contributed by atoms with E-state index in [2.05, 4.69) is 31.2 Å². The second-order valence-electron chi connectivity index (χ2n) is 5.05. The number of rotatable bonds is 7. The van der Waals surface area contributed by atoms with Crippen LogP contribution in [0.5, 0.6) is 5.75 Å². The molecular formula is C18H23NO. The summed E-state index contributed by atoms with van der Waals surface area (Å²) in [5, 5.41) is 0. The summed E-state index contributed by atoms with van der Waals surface area (Å²) in [6, 6.07) is 18.5. The van der Waals surface area contributed by atoms with Crippen LogP contribution in [0.15, 0.2) is 54.6 Å². The Kier molecular flexibility index (Phi) is 5.63. The molecule has 1 atom stereocenters.